The molecule has 1 aromatic heterocycles. The van der Waals surface area contributed by atoms with E-state index in [4.69, 9.17) is 14.0 Å². The van der Waals surface area contributed by atoms with Crippen molar-refractivity contribution in [2.24, 2.45) is 5.92 Å². The van der Waals surface area contributed by atoms with E-state index in [0.717, 1.165) is 30.5 Å². The normalized spacial score (nSPS) is 16.8. The fraction of sp³-hybridized carbons (Fsp3) is 0.433. The third-order valence-corrected chi connectivity index (χ3v) is 7.55. The largest absolute Gasteiger partial charge is 0.497 e. The van der Waals surface area contributed by atoms with Crippen LogP contribution in [0.3, 0.4) is 0 Å². The minimum Gasteiger partial charge on any atom is -0.497 e. The molecule has 0 spiro atoms. The van der Waals surface area contributed by atoms with E-state index < -0.39 is 40.5 Å². The molecule has 2 aromatic carbocycles. The maximum atomic E-state index is 15.3. The number of benzene rings is 2. The van der Waals surface area contributed by atoms with E-state index in [-0.39, 0.29) is 36.6 Å². The molecule has 1 aliphatic carbocycles. The predicted molar refractivity (Wildman–Crippen MR) is 146 cm³/mol. The molecule has 2 aliphatic rings. The van der Waals surface area contributed by atoms with E-state index >= 15 is 8.78 Å². The van der Waals surface area contributed by atoms with Crippen molar-refractivity contribution in [3.05, 3.63) is 80.8 Å². The number of hydrogen-bond acceptors (Lipinski definition) is 6. The van der Waals surface area contributed by atoms with Gasteiger partial charge in [0.2, 0.25) is 5.91 Å². The molecule has 11 heteroatoms. The van der Waals surface area contributed by atoms with E-state index in [2.05, 4.69) is 10.5 Å². The first-order chi connectivity index (χ1) is 19.6. The van der Waals surface area contributed by atoms with E-state index in [1.54, 1.807) is 32.0 Å². The van der Waals surface area contributed by atoms with Gasteiger partial charge in [-0.05, 0) is 60.6 Å². The van der Waals surface area contributed by atoms with Crippen molar-refractivity contribution in [1.29, 1.82) is 0 Å². The van der Waals surface area contributed by atoms with Crippen LogP contribution >= 0.6 is 0 Å². The molecule has 41 heavy (non-hydrogen) atoms. The number of nitrogens with one attached hydrogen (secondary N) is 2. The average Bonchev–Trinajstić information content (AvgIpc) is 3.65. The summed E-state index contributed by atoms with van der Waals surface area (Å²) in [6.07, 6.45) is 2.43. The number of aromatic nitrogens is 1. The van der Waals surface area contributed by atoms with Crippen LogP contribution in [0.2, 0.25) is 0 Å². The summed E-state index contributed by atoms with van der Waals surface area (Å²) in [5.74, 6) is -1.44. The van der Waals surface area contributed by atoms with Crippen LogP contribution in [-0.2, 0) is 32.6 Å². The van der Waals surface area contributed by atoms with Crippen LogP contribution in [0.15, 0.2) is 45.7 Å². The zero-order chi connectivity index (χ0) is 29.3. The number of carbonyl (C=O) groups is 2. The van der Waals surface area contributed by atoms with Gasteiger partial charge in [0.05, 0.1) is 20.1 Å². The summed E-state index contributed by atoms with van der Waals surface area (Å²) in [7, 11) is 1.53. The van der Waals surface area contributed by atoms with Crippen molar-refractivity contribution in [2.45, 2.75) is 51.0 Å². The van der Waals surface area contributed by atoms with Crippen molar-refractivity contribution in [2.75, 3.05) is 32.2 Å². The number of rotatable bonds is 10. The van der Waals surface area contributed by atoms with Crippen LogP contribution in [0.4, 0.5) is 14.5 Å². The Hall–Kier alpha value is -3.99. The molecule has 218 valence electrons. The fourth-order valence-corrected chi connectivity index (χ4v) is 5.28. The fourth-order valence-electron chi connectivity index (χ4n) is 5.28. The summed E-state index contributed by atoms with van der Waals surface area (Å²) in [4.78, 5) is 39.8. The van der Waals surface area contributed by atoms with Gasteiger partial charge in [-0.3, -0.25) is 14.4 Å². The molecule has 1 atom stereocenters. The maximum Gasteiger partial charge on any atom is 0.280 e. The standard InChI is InChI=1S/C30H33F2N3O6/c1-30(2,16-40-15-17-4-5-17)27-23(31)11-19(12-24(27)32)33-29(38)28-22-7-6-20(39-3)10-18(22)8-9-35(28)26(37)14-21-13-25(36)34-41-21/h6-7,10-13,17,28H,4-5,8-9,14-16H2,1-3H3,(H,33,38)(H,34,36). The quantitative estimate of drug-likeness (QED) is 0.377. The Morgan fingerprint density at radius 1 is 1.15 bits per heavy atom. The molecule has 1 saturated carbocycles. The second kappa shape index (κ2) is 11.5. The van der Waals surface area contributed by atoms with E-state index in [1.165, 1.54) is 18.1 Å². The molecule has 2 amide bonds. The lowest BCUT2D eigenvalue weighted by molar-refractivity contribution is -0.139. The lowest BCUT2D eigenvalue weighted by Gasteiger charge is -2.36. The van der Waals surface area contributed by atoms with Crippen LogP contribution in [-0.4, -0.2) is 48.7 Å². The Morgan fingerprint density at radius 3 is 2.51 bits per heavy atom. The number of aromatic amines is 1. The van der Waals surface area contributed by atoms with E-state index in [9.17, 15) is 14.4 Å². The lowest BCUT2D eigenvalue weighted by Crippen LogP contribution is -2.46. The number of halogens is 2. The van der Waals surface area contributed by atoms with Crippen LogP contribution in [0, 0.1) is 17.6 Å². The molecule has 0 radical (unpaired) electrons. The molecule has 2 heterocycles. The summed E-state index contributed by atoms with van der Waals surface area (Å²) < 4.78 is 46.7. The number of fused-ring (bicyclic) bond motifs is 1. The molecule has 3 aromatic rings. The van der Waals surface area contributed by atoms with Crippen molar-refractivity contribution >= 4 is 17.5 Å². The number of nitrogens with zero attached hydrogens (tertiary/aromatic N) is 1. The number of hydrogen-bond donors (Lipinski definition) is 2. The molecular formula is C30H33F2N3O6. The summed E-state index contributed by atoms with van der Waals surface area (Å²) in [6, 6.07) is 7.41. The number of anilines is 1. The Balaban J connectivity index is 1.39. The summed E-state index contributed by atoms with van der Waals surface area (Å²) >= 11 is 0. The Kier molecular flexibility index (Phi) is 7.99. The van der Waals surface area contributed by atoms with Crippen molar-refractivity contribution in [3.63, 3.8) is 0 Å². The van der Waals surface area contributed by atoms with Crippen molar-refractivity contribution in [3.8, 4) is 5.75 Å². The highest BCUT2D eigenvalue weighted by atomic mass is 19.1. The van der Waals surface area contributed by atoms with Crippen molar-refractivity contribution < 1.29 is 32.4 Å². The number of carbonyl (C=O) groups excluding carboxylic acids is 2. The van der Waals surface area contributed by atoms with E-state index in [0.29, 0.717) is 30.3 Å². The van der Waals surface area contributed by atoms with Gasteiger partial charge in [0.25, 0.3) is 11.5 Å². The molecule has 0 bridgehead atoms. The second-order valence-electron chi connectivity index (χ2n) is 11.3. The molecule has 2 N–H and O–H groups in total. The minimum atomic E-state index is -1.10. The van der Waals surface area contributed by atoms with Gasteiger partial charge >= 0.3 is 0 Å². The van der Waals surface area contributed by atoms with Crippen LogP contribution in [0.5, 0.6) is 5.75 Å². The Bertz CT molecular complexity index is 1490. The van der Waals surface area contributed by atoms with Gasteiger partial charge in [-0.1, -0.05) is 19.9 Å². The third-order valence-electron chi connectivity index (χ3n) is 7.55. The number of H-pyrrole nitrogens is 1. The third kappa shape index (κ3) is 6.35. The first kappa shape index (κ1) is 28.5. The van der Waals surface area contributed by atoms with Gasteiger partial charge < -0.3 is 24.2 Å². The van der Waals surface area contributed by atoms with Crippen molar-refractivity contribution in [1.82, 2.24) is 10.1 Å². The average molecular weight is 570 g/mol. The Morgan fingerprint density at radius 2 is 1.88 bits per heavy atom. The van der Waals surface area contributed by atoms with Gasteiger partial charge in [0.1, 0.15) is 29.2 Å². The number of amides is 2. The summed E-state index contributed by atoms with van der Waals surface area (Å²) in [5.41, 5.74) is -0.237. The maximum absolute atomic E-state index is 15.3. The topological polar surface area (TPSA) is 114 Å². The van der Waals surface area contributed by atoms with Gasteiger partial charge in [-0.25, -0.2) is 8.78 Å². The van der Waals surface area contributed by atoms with Crippen LogP contribution in [0.25, 0.3) is 0 Å². The molecule has 1 aliphatic heterocycles. The minimum absolute atomic E-state index is 0.0758. The number of methoxy groups -OCH3 is 1. The number of ether oxygens (including phenoxy) is 2. The first-order valence-corrected chi connectivity index (χ1v) is 13.6. The zero-order valence-electron chi connectivity index (χ0n) is 23.2. The SMILES string of the molecule is COc1ccc2c(c1)CCN(C(=O)Cc1cc(=O)[nH]o1)C2C(=O)Nc1cc(F)c(C(C)(C)COCC2CC2)c(F)c1. The lowest BCUT2D eigenvalue weighted by atomic mass is 9.84. The molecule has 0 saturated heterocycles. The van der Waals surface area contributed by atoms with Gasteiger partial charge in [0.15, 0.2) is 0 Å². The second-order valence-corrected chi connectivity index (χ2v) is 11.3. The smallest absolute Gasteiger partial charge is 0.280 e. The zero-order valence-corrected chi connectivity index (χ0v) is 23.2. The van der Waals surface area contributed by atoms with E-state index in [1.807, 2.05) is 0 Å². The molecule has 1 unspecified atom stereocenters. The van der Waals surface area contributed by atoms with Gasteiger partial charge in [0, 0.05) is 35.9 Å². The summed E-state index contributed by atoms with van der Waals surface area (Å²) in [6.45, 7) is 4.35. The molecular weight excluding hydrogens is 536 g/mol. The predicted octanol–water partition coefficient (Wildman–Crippen LogP) is 4.27. The highest BCUT2D eigenvalue weighted by molar-refractivity contribution is 5.98. The molecule has 5 rings (SSSR count). The monoisotopic (exact) mass is 569 g/mol. The summed E-state index contributed by atoms with van der Waals surface area (Å²) in [5, 5.41) is 4.75. The molecule has 1 fully saturated rings. The van der Waals surface area contributed by atoms with Gasteiger partial charge in [-0.2, -0.15) is 5.16 Å². The highest BCUT2D eigenvalue weighted by Gasteiger charge is 2.37. The van der Waals surface area contributed by atoms with Crippen LogP contribution in [0.1, 0.15) is 55.2 Å². The first-order valence-electron chi connectivity index (χ1n) is 13.6. The van der Waals surface area contributed by atoms with Crippen LogP contribution < -0.4 is 15.6 Å². The highest BCUT2D eigenvalue weighted by Crippen LogP contribution is 2.36. The molecule has 9 nitrogen and oxygen atoms in total. The Labute approximate surface area is 235 Å². The van der Waals surface area contributed by atoms with Gasteiger partial charge in [-0.15, -0.1) is 0 Å².